The van der Waals surface area contributed by atoms with Gasteiger partial charge in [-0.25, -0.2) is 4.98 Å². The maximum atomic E-state index is 11.5. The molecule has 0 radical (unpaired) electrons. The van der Waals surface area contributed by atoms with Gasteiger partial charge in [-0.1, -0.05) is 0 Å². The molecule has 0 aliphatic rings. The number of hydrogen-bond acceptors (Lipinski definition) is 4. The highest BCUT2D eigenvalue weighted by molar-refractivity contribution is 9.10. The SMILES string of the molecule is Cc1nc(N)n(CP(=O)(O)O)c(=O)c1Br. The van der Waals surface area contributed by atoms with Crippen molar-refractivity contribution < 1.29 is 14.4 Å². The summed E-state index contributed by atoms with van der Waals surface area (Å²) >= 11 is 2.97. The molecule has 0 saturated heterocycles. The van der Waals surface area contributed by atoms with Gasteiger partial charge in [-0.3, -0.25) is 13.9 Å². The smallest absolute Gasteiger partial charge is 0.345 e. The number of aromatic nitrogens is 2. The first-order valence-electron chi connectivity index (χ1n) is 3.79. The van der Waals surface area contributed by atoms with Gasteiger partial charge in [-0.2, -0.15) is 0 Å². The van der Waals surface area contributed by atoms with Crippen LogP contribution in [-0.2, 0) is 10.9 Å². The molecule has 0 aromatic carbocycles. The molecule has 4 N–H and O–H groups in total. The lowest BCUT2D eigenvalue weighted by Crippen LogP contribution is -2.26. The Labute approximate surface area is 93.2 Å². The molecule has 15 heavy (non-hydrogen) atoms. The van der Waals surface area contributed by atoms with Gasteiger partial charge >= 0.3 is 7.60 Å². The average Bonchev–Trinajstić information content (AvgIpc) is 2.07. The van der Waals surface area contributed by atoms with E-state index in [1.807, 2.05) is 0 Å². The summed E-state index contributed by atoms with van der Waals surface area (Å²) in [5.74, 6) is -0.218. The normalized spacial score (nSPS) is 11.7. The zero-order chi connectivity index (χ0) is 11.8. The molecule has 7 nitrogen and oxygen atoms in total. The Morgan fingerprint density at radius 3 is 2.60 bits per heavy atom. The summed E-state index contributed by atoms with van der Waals surface area (Å²) in [6.45, 7) is 1.56. The molecule has 0 unspecified atom stereocenters. The summed E-state index contributed by atoms with van der Waals surface area (Å²) in [7, 11) is -4.35. The van der Waals surface area contributed by atoms with Crippen LogP contribution in [0, 0.1) is 6.92 Å². The topological polar surface area (TPSA) is 118 Å². The van der Waals surface area contributed by atoms with E-state index in [-0.39, 0.29) is 10.4 Å². The lowest BCUT2D eigenvalue weighted by Gasteiger charge is -2.11. The third-order valence-electron chi connectivity index (χ3n) is 1.64. The van der Waals surface area contributed by atoms with Crippen molar-refractivity contribution in [3.63, 3.8) is 0 Å². The van der Waals surface area contributed by atoms with Crippen LogP contribution in [0.25, 0.3) is 0 Å². The summed E-state index contributed by atoms with van der Waals surface area (Å²) in [4.78, 5) is 32.8. The first kappa shape index (κ1) is 12.4. The fourth-order valence-electron chi connectivity index (χ4n) is 0.979. The maximum Gasteiger partial charge on any atom is 0.345 e. The van der Waals surface area contributed by atoms with E-state index in [2.05, 4.69) is 20.9 Å². The van der Waals surface area contributed by atoms with Crippen molar-refractivity contribution in [1.29, 1.82) is 0 Å². The zero-order valence-electron chi connectivity index (χ0n) is 7.71. The summed E-state index contributed by atoms with van der Waals surface area (Å²) < 4.78 is 11.6. The molecule has 0 fully saturated rings. The van der Waals surface area contributed by atoms with Gasteiger partial charge in [0.15, 0.2) is 0 Å². The van der Waals surface area contributed by atoms with Crippen molar-refractivity contribution in [2.24, 2.45) is 0 Å². The molecule has 0 saturated carbocycles. The highest BCUT2D eigenvalue weighted by atomic mass is 79.9. The molecule has 9 heteroatoms. The van der Waals surface area contributed by atoms with E-state index < -0.39 is 19.4 Å². The zero-order valence-corrected chi connectivity index (χ0v) is 10.2. The minimum Gasteiger partial charge on any atom is -0.369 e. The quantitative estimate of drug-likeness (QED) is 0.663. The summed E-state index contributed by atoms with van der Waals surface area (Å²) in [5, 5.41) is 0. The fourth-order valence-corrected chi connectivity index (χ4v) is 1.92. The van der Waals surface area contributed by atoms with Crippen molar-refractivity contribution in [2.45, 2.75) is 13.2 Å². The molecular weight excluding hydrogens is 289 g/mol. The van der Waals surface area contributed by atoms with Crippen molar-refractivity contribution in [2.75, 3.05) is 5.73 Å². The Balaban J connectivity index is 3.38. The van der Waals surface area contributed by atoms with Crippen LogP contribution in [0.3, 0.4) is 0 Å². The molecule has 0 spiro atoms. The minimum atomic E-state index is -4.35. The second-order valence-corrected chi connectivity index (χ2v) is 5.31. The Bertz CT molecular complexity index is 494. The Morgan fingerprint density at radius 2 is 2.13 bits per heavy atom. The first-order valence-corrected chi connectivity index (χ1v) is 6.38. The third-order valence-corrected chi connectivity index (χ3v) is 3.20. The Hall–Kier alpha value is -0.690. The molecule has 1 heterocycles. The molecule has 0 aliphatic heterocycles. The number of nitrogens with two attached hydrogens (primary N) is 1. The largest absolute Gasteiger partial charge is 0.369 e. The molecule has 0 atom stereocenters. The molecule has 0 amide bonds. The number of halogens is 1. The number of rotatable bonds is 2. The average molecular weight is 298 g/mol. The van der Waals surface area contributed by atoms with Crippen LogP contribution in [-0.4, -0.2) is 19.3 Å². The van der Waals surface area contributed by atoms with Gasteiger partial charge < -0.3 is 15.5 Å². The van der Waals surface area contributed by atoms with Crippen LogP contribution in [0.2, 0.25) is 0 Å². The summed E-state index contributed by atoms with van der Waals surface area (Å²) in [5.41, 5.74) is 5.15. The Morgan fingerprint density at radius 1 is 1.60 bits per heavy atom. The molecule has 1 aromatic heterocycles. The van der Waals surface area contributed by atoms with Gasteiger partial charge in [0.25, 0.3) is 5.56 Å². The highest BCUT2D eigenvalue weighted by Gasteiger charge is 2.19. The molecular formula is C6H9BrN3O4P. The van der Waals surface area contributed by atoms with E-state index in [0.717, 1.165) is 4.57 Å². The monoisotopic (exact) mass is 297 g/mol. The predicted molar refractivity (Wildman–Crippen MR) is 57.4 cm³/mol. The lowest BCUT2D eigenvalue weighted by atomic mass is 10.4. The molecule has 1 aromatic rings. The first-order chi connectivity index (χ1) is 6.72. The van der Waals surface area contributed by atoms with Crippen LogP contribution in [0.1, 0.15) is 5.69 Å². The van der Waals surface area contributed by atoms with Crippen LogP contribution in [0.4, 0.5) is 5.95 Å². The predicted octanol–water partition coefficient (Wildman–Crippen LogP) is 0.0316. The van der Waals surface area contributed by atoms with Crippen molar-refractivity contribution in [3.05, 3.63) is 20.5 Å². The number of aryl methyl sites for hydroxylation is 1. The Kier molecular flexibility index (Phi) is 3.34. The van der Waals surface area contributed by atoms with Crippen molar-refractivity contribution in [1.82, 2.24) is 9.55 Å². The van der Waals surface area contributed by atoms with E-state index in [1.54, 1.807) is 6.92 Å². The summed E-state index contributed by atoms with van der Waals surface area (Å²) in [6.07, 6.45) is -0.774. The second-order valence-electron chi connectivity index (χ2n) is 2.91. The second kappa shape index (κ2) is 4.05. The fraction of sp³-hybridized carbons (Fsp3) is 0.333. The molecule has 0 aliphatic carbocycles. The number of hydrogen-bond donors (Lipinski definition) is 3. The molecule has 84 valence electrons. The van der Waals surface area contributed by atoms with E-state index in [0.29, 0.717) is 5.69 Å². The van der Waals surface area contributed by atoms with Crippen LogP contribution in [0.15, 0.2) is 9.27 Å². The van der Waals surface area contributed by atoms with Gasteiger partial charge in [-0.15, -0.1) is 0 Å². The van der Waals surface area contributed by atoms with E-state index >= 15 is 0 Å². The molecule has 1 rings (SSSR count). The summed E-state index contributed by atoms with van der Waals surface area (Å²) in [6, 6.07) is 0. The van der Waals surface area contributed by atoms with Gasteiger partial charge in [0.2, 0.25) is 5.95 Å². The maximum absolute atomic E-state index is 11.5. The van der Waals surface area contributed by atoms with E-state index in [1.165, 1.54) is 0 Å². The van der Waals surface area contributed by atoms with Gasteiger partial charge in [-0.05, 0) is 22.9 Å². The number of anilines is 1. The van der Waals surface area contributed by atoms with Gasteiger partial charge in [0.05, 0.1) is 5.69 Å². The third kappa shape index (κ3) is 2.88. The van der Waals surface area contributed by atoms with Crippen LogP contribution >= 0.6 is 23.5 Å². The highest BCUT2D eigenvalue weighted by Crippen LogP contribution is 2.36. The lowest BCUT2D eigenvalue weighted by molar-refractivity contribution is 0.361. The van der Waals surface area contributed by atoms with E-state index in [4.69, 9.17) is 15.5 Å². The van der Waals surface area contributed by atoms with Gasteiger partial charge in [0, 0.05) is 0 Å². The minimum absolute atomic E-state index is 0.144. The van der Waals surface area contributed by atoms with Crippen molar-refractivity contribution in [3.8, 4) is 0 Å². The number of nitrogens with zero attached hydrogens (tertiary/aromatic N) is 2. The standard InChI is InChI=1S/C6H9BrN3O4P/c1-3-4(7)5(11)10(6(8)9-3)2-15(12,13)14/h2H2,1H3,(H2,8,9)(H2,12,13,14). The molecule has 0 bridgehead atoms. The van der Waals surface area contributed by atoms with Crippen LogP contribution < -0.4 is 11.3 Å². The number of nitrogen functional groups attached to an aromatic ring is 1. The van der Waals surface area contributed by atoms with Crippen molar-refractivity contribution >= 4 is 29.5 Å². The van der Waals surface area contributed by atoms with E-state index in [9.17, 15) is 9.36 Å². The van der Waals surface area contributed by atoms with Gasteiger partial charge in [0.1, 0.15) is 10.8 Å². The van der Waals surface area contributed by atoms with Crippen LogP contribution in [0.5, 0.6) is 0 Å².